The summed E-state index contributed by atoms with van der Waals surface area (Å²) in [6.45, 7) is -0.594. The van der Waals surface area contributed by atoms with Gasteiger partial charge in [-0.15, -0.1) is 0 Å². The van der Waals surface area contributed by atoms with Gasteiger partial charge in [0.25, 0.3) is 0 Å². The molecular weight excluding hydrogens is 340 g/mol. The van der Waals surface area contributed by atoms with Crippen molar-refractivity contribution in [1.29, 1.82) is 0 Å². The van der Waals surface area contributed by atoms with Gasteiger partial charge in [0.15, 0.2) is 17.7 Å². The number of fused-ring (bicyclic) bond motifs is 1. The molecule has 0 saturated carbocycles. The molecule has 6 N–H and O–H groups in total. The number of nitrogens with two attached hydrogens (primary N) is 1. The first-order chi connectivity index (χ1) is 10.8. The average Bonchev–Trinajstić information content (AvgIpc) is 3.01. The van der Waals surface area contributed by atoms with Crippen LogP contribution in [0.3, 0.4) is 0 Å². The molecule has 0 radical (unpaired) electrons. The molecule has 128 valence electrons. The Kier molecular flexibility index (Phi) is 5.66. The van der Waals surface area contributed by atoms with Gasteiger partial charge < -0.3 is 30.5 Å². The van der Waals surface area contributed by atoms with Crippen molar-refractivity contribution in [3.63, 3.8) is 0 Å². The summed E-state index contributed by atoms with van der Waals surface area (Å²) < 4.78 is 21.8. The Morgan fingerprint density at radius 1 is 1.29 bits per heavy atom. The second-order valence-corrected chi connectivity index (χ2v) is 6.15. The molecule has 1 fully saturated rings. The SMILES string of the molecule is Nc1ncnc2c1ncn2[C@@H]1O[C@H](COP(=O)(O)O)[C@@H](O)[C@H]1O.[LiH]. The maximum atomic E-state index is 10.7. The van der Waals surface area contributed by atoms with Crippen LogP contribution in [0.1, 0.15) is 6.23 Å². The van der Waals surface area contributed by atoms with E-state index in [1.807, 2.05) is 0 Å². The van der Waals surface area contributed by atoms with Crippen LogP contribution in [0.15, 0.2) is 12.7 Å². The third kappa shape index (κ3) is 3.62. The van der Waals surface area contributed by atoms with Crippen molar-refractivity contribution in [2.45, 2.75) is 24.5 Å². The standard InChI is InChI=1S/C10H14N5O7P.Li.H/c11-8-5-9(13-2-12-8)15(3-14-5)10-7(17)6(16)4(22-10)1-21-23(18,19)20;;/h2-4,6-7,10,16-17H,1H2,(H2,11,12,13)(H2,18,19,20);;/t4-,6-,7-,10-;;/m1../s1. The van der Waals surface area contributed by atoms with E-state index in [9.17, 15) is 14.8 Å². The van der Waals surface area contributed by atoms with Crippen molar-refractivity contribution in [1.82, 2.24) is 19.5 Å². The zero-order valence-electron chi connectivity index (χ0n) is 11.5. The molecule has 1 aliphatic rings. The molecule has 12 nitrogen and oxygen atoms in total. The second-order valence-electron chi connectivity index (χ2n) is 4.92. The summed E-state index contributed by atoms with van der Waals surface area (Å²) in [5.74, 6) is 0.142. The fourth-order valence-corrected chi connectivity index (χ4v) is 2.66. The summed E-state index contributed by atoms with van der Waals surface area (Å²) in [5, 5.41) is 20.1. The Morgan fingerprint density at radius 3 is 2.67 bits per heavy atom. The van der Waals surface area contributed by atoms with E-state index in [0.717, 1.165) is 0 Å². The summed E-state index contributed by atoms with van der Waals surface area (Å²) >= 11 is 0. The summed E-state index contributed by atoms with van der Waals surface area (Å²) in [7, 11) is -4.72. The van der Waals surface area contributed by atoms with Gasteiger partial charge in [0.2, 0.25) is 0 Å². The van der Waals surface area contributed by atoms with E-state index in [1.54, 1.807) is 0 Å². The van der Waals surface area contributed by atoms with Crippen LogP contribution in [0.25, 0.3) is 11.2 Å². The van der Waals surface area contributed by atoms with Gasteiger partial charge in [0, 0.05) is 0 Å². The predicted octanol–water partition coefficient (Wildman–Crippen LogP) is -2.51. The van der Waals surface area contributed by atoms with Crippen LogP contribution in [-0.2, 0) is 13.8 Å². The van der Waals surface area contributed by atoms with Crippen molar-refractivity contribution in [2.75, 3.05) is 12.3 Å². The van der Waals surface area contributed by atoms with Crippen LogP contribution < -0.4 is 5.73 Å². The van der Waals surface area contributed by atoms with Crippen molar-refractivity contribution in [3.8, 4) is 0 Å². The average molecular weight is 355 g/mol. The maximum absolute atomic E-state index is 10.7. The van der Waals surface area contributed by atoms with Crippen LogP contribution in [0, 0.1) is 0 Å². The van der Waals surface area contributed by atoms with Crippen molar-refractivity contribution < 1.29 is 33.8 Å². The van der Waals surface area contributed by atoms with Crippen LogP contribution >= 0.6 is 7.82 Å². The number of hydrogen-bond acceptors (Lipinski definition) is 9. The molecule has 1 aliphatic heterocycles. The van der Waals surface area contributed by atoms with Crippen molar-refractivity contribution in [3.05, 3.63) is 12.7 Å². The van der Waals surface area contributed by atoms with Gasteiger partial charge in [0.1, 0.15) is 30.2 Å². The first-order valence-electron chi connectivity index (χ1n) is 6.42. The first-order valence-corrected chi connectivity index (χ1v) is 7.95. The molecule has 0 spiro atoms. The molecule has 4 atom stereocenters. The van der Waals surface area contributed by atoms with Gasteiger partial charge in [-0.25, -0.2) is 19.5 Å². The molecular formula is C10H15LiN5O7P. The Hall–Kier alpha value is -1.06. The minimum atomic E-state index is -4.72. The number of nitrogens with zero attached hydrogens (tertiary/aromatic N) is 4. The van der Waals surface area contributed by atoms with Crippen LogP contribution in [0.2, 0.25) is 0 Å². The van der Waals surface area contributed by atoms with E-state index in [0.29, 0.717) is 5.52 Å². The Balaban J connectivity index is 0.00000208. The quantitative estimate of drug-likeness (QED) is 0.288. The number of anilines is 1. The number of phosphoric acid groups is 1. The molecule has 3 rings (SSSR count). The predicted molar refractivity (Wildman–Crippen MR) is 80.8 cm³/mol. The molecule has 1 saturated heterocycles. The van der Waals surface area contributed by atoms with Gasteiger partial charge in [-0.3, -0.25) is 9.09 Å². The molecule has 0 aromatic carbocycles. The second kappa shape index (κ2) is 7.05. The van der Waals surface area contributed by atoms with Gasteiger partial charge in [-0.1, -0.05) is 0 Å². The summed E-state index contributed by atoms with van der Waals surface area (Å²) in [5.41, 5.74) is 6.25. The molecule has 0 unspecified atom stereocenters. The molecule has 0 aliphatic carbocycles. The summed E-state index contributed by atoms with van der Waals surface area (Å²) in [4.78, 5) is 29.2. The number of hydrogen-bond donors (Lipinski definition) is 5. The third-order valence-corrected chi connectivity index (χ3v) is 3.89. The first kappa shape index (κ1) is 19.3. The van der Waals surface area contributed by atoms with Gasteiger partial charge in [0.05, 0.1) is 12.9 Å². The molecule has 14 heteroatoms. The van der Waals surface area contributed by atoms with Crippen molar-refractivity contribution >= 4 is 43.7 Å². The fourth-order valence-electron chi connectivity index (χ4n) is 2.32. The van der Waals surface area contributed by atoms with Crippen LogP contribution in [0.5, 0.6) is 0 Å². The molecule has 0 amide bonds. The summed E-state index contributed by atoms with van der Waals surface area (Å²) in [6.07, 6.45) is -2.49. The van der Waals surface area contributed by atoms with E-state index >= 15 is 0 Å². The Morgan fingerprint density at radius 2 is 2.00 bits per heavy atom. The zero-order chi connectivity index (χ0) is 16.8. The number of rotatable bonds is 4. The number of aromatic nitrogens is 4. The van der Waals surface area contributed by atoms with E-state index in [4.69, 9.17) is 20.3 Å². The van der Waals surface area contributed by atoms with Gasteiger partial charge in [-0.05, 0) is 0 Å². The van der Waals surface area contributed by atoms with E-state index in [-0.39, 0.29) is 30.3 Å². The van der Waals surface area contributed by atoms with Crippen LogP contribution in [-0.4, -0.2) is 83.3 Å². The Labute approximate surface area is 147 Å². The number of ether oxygens (including phenoxy) is 1. The zero-order valence-corrected chi connectivity index (χ0v) is 12.4. The topological polar surface area (TPSA) is 186 Å². The normalized spacial score (nSPS) is 27.3. The molecule has 2 aromatic heterocycles. The number of aliphatic hydroxyl groups excluding tert-OH is 2. The van der Waals surface area contributed by atoms with E-state index < -0.39 is 39.0 Å². The van der Waals surface area contributed by atoms with E-state index in [1.165, 1.54) is 17.2 Å². The summed E-state index contributed by atoms with van der Waals surface area (Å²) in [6, 6.07) is 0. The minimum absolute atomic E-state index is 0. The monoisotopic (exact) mass is 355 g/mol. The van der Waals surface area contributed by atoms with Gasteiger partial charge in [-0.2, -0.15) is 0 Å². The number of nitrogen functional groups attached to an aromatic ring is 1. The number of aliphatic hydroxyl groups is 2. The Bertz CT molecular complexity index is 769. The van der Waals surface area contributed by atoms with E-state index in [2.05, 4.69) is 19.5 Å². The molecule has 24 heavy (non-hydrogen) atoms. The van der Waals surface area contributed by atoms with Gasteiger partial charge >= 0.3 is 26.7 Å². The number of phosphoric ester groups is 1. The van der Waals surface area contributed by atoms with Crippen LogP contribution in [0.4, 0.5) is 5.82 Å². The molecule has 0 bridgehead atoms. The molecule has 2 aromatic rings. The molecule has 3 heterocycles. The third-order valence-electron chi connectivity index (χ3n) is 3.41. The fraction of sp³-hybridized carbons (Fsp3) is 0.500. The number of imidazole rings is 1. The van der Waals surface area contributed by atoms with Crippen molar-refractivity contribution in [2.24, 2.45) is 0 Å².